The zero-order chi connectivity index (χ0) is 20.8. The van der Waals surface area contributed by atoms with E-state index >= 15 is 0 Å². The summed E-state index contributed by atoms with van der Waals surface area (Å²) in [7, 11) is 4.65. The quantitative estimate of drug-likeness (QED) is 0.426. The van der Waals surface area contributed by atoms with Crippen LogP contribution in [0, 0.1) is 0 Å². The molecule has 0 saturated heterocycles. The average Bonchev–Trinajstić information content (AvgIpc) is 3.12. The van der Waals surface area contributed by atoms with Gasteiger partial charge in [0.05, 0.1) is 38.3 Å². The fourth-order valence-electron chi connectivity index (χ4n) is 2.62. The first-order valence-corrected chi connectivity index (χ1v) is 9.54. The second-order valence-electron chi connectivity index (χ2n) is 5.78. The number of anilines is 1. The smallest absolute Gasteiger partial charge is 0.234 e. The third-order valence-electron chi connectivity index (χ3n) is 4.03. The molecular weight excluding hydrogens is 394 g/mol. The number of ether oxygens (including phenoxy) is 3. The predicted octanol–water partition coefficient (Wildman–Crippen LogP) is 2.42. The minimum absolute atomic E-state index is 0.0849. The number of nitrogen functional groups attached to an aromatic ring is 1. The highest BCUT2D eigenvalue weighted by Crippen LogP contribution is 2.31. The fraction of sp³-hybridized carbons (Fsp3) is 0.211. The molecule has 0 radical (unpaired) electrons. The molecule has 1 amide bonds. The number of aromatic nitrogens is 3. The summed E-state index contributed by atoms with van der Waals surface area (Å²) in [6.45, 7) is 0. The number of hydrogen-bond acceptors (Lipinski definition) is 8. The van der Waals surface area contributed by atoms with Crippen molar-refractivity contribution >= 4 is 23.4 Å². The SMILES string of the molecule is COc1ccc(OC)c(NC(=O)CSc2nnc(-c3ccccc3OC)n2N)c1. The second-order valence-corrected chi connectivity index (χ2v) is 6.72. The van der Waals surface area contributed by atoms with Crippen LogP contribution >= 0.6 is 11.8 Å². The maximum atomic E-state index is 12.4. The third kappa shape index (κ3) is 4.54. The molecule has 0 fully saturated rings. The van der Waals surface area contributed by atoms with Gasteiger partial charge >= 0.3 is 0 Å². The fourth-order valence-corrected chi connectivity index (χ4v) is 3.27. The molecule has 152 valence electrons. The third-order valence-corrected chi connectivity index (χ3v) is 4.97. The highest BCUT2D eigenvalue weighted by Gasteiger charge is 2.17. The van der Waals surface area contributed by atoms with Crippen molar-refractivity contribution in [1.82, 2.24) is 14.9 Å². The van der Waals surface area contributed by atoms with Crippen LogP contribution in [0.3, 0.4) is 0 Å². The number of nitrogens with two attached hydrogens (primary N) is 1. The Morgan fingerprint density at radius 1 is 1.07 bits per heavy atom. The van der Waals surface area contributed by atoms with Crippen molar-refractivity contribution < 1.29 is 19.0 Å². The topological polar surface area (TPSA) is 114 Å². The number of benzene rings is 2. The Bertz CT molecular complexity index is 1010. The number of rotatable bonds is 8. The number of nitrogens with one attached hydrogen (secondary N) is 1. The molecule has 0 aliphatic heterocycles. The molecule has 3 rings (SSSR count). The van der Waals surface area contributed by atoms with Crippen LogP contribution in [-0.4, -0.2) is 47.9 Å². The van der Waals surface area contributed by atoms with Gasteiger partial charge in [-0.25, -0.2) is 4.68 Å². The number of methoxy groups -OCH3 is 3. The Labute approximate surface area is 172 Å². The molecule has 3 aromatic rings. The zero-order valence-corrected chi connectivity index (χ0v) is 17.0. The number of para-hydroxylation sites is 1. The first kappa shape index (κ1) is 20.3. The molecule has 2 aromatic carbocycles. The lowest BCUT2D eigenvalue weighted by Crippen LogP contribution is -2.17. The van der Waals surface area contributed by atoms with E-state index in [1.54, 1.807) is 32.4 Å². The summed E-state index contributed by atoms with van der Waals surface area (Å²) in [5.41, 5.74) is 1.23. The van der Waals surface area contributed by atoms with E-state index in [1.165, 1.54) is 23.5 Å². The maximum Gasteiger partial charge on any atom is 0.234 e. The molecule has 1 aromatic heterocycles. The lowest BCUT2D eigenvalue weighted by Gasteiger charge is -2.11. The van der Waals surface area contributed by atoms with Crippen molar-refractivity contribution in [3.8, 4) is 28.6 Å². The Hall–Kier alpha value is -3.40. The van der Waals surface area contributed by atoms with Crippen molar-refractivity contribution in [2.75, 3.05) is 38.2 Å². The van der Waals surface area contributed by atoms with Crippen LogP contribution in [0.1, 0.15) is 0 Å². The second kappa shape index (κ2) is 9.20. The van der Waals surface area contributed by atoms with Crippen LogP contribution in [0.15, 0.2) is 47.6 Å². The minimum Gasteiger partial charge on any atom is -0.497 e. The first-order chi connectivity index (χ1) is 14.1. The van der Waals surface area contributed by atoms with Gasteiger partial charge < -0.3 is 25.4 Å². The average molecular weight is 415 g/mol. The van der Waals surface area contributed by atoms with E-state index in [2.05, 4.69) is 15.5 Å². The van der Waals surface area contributed by atoms with Crippen LogP contribution in [0.4, 0.5) is 5.69 Å². The molecule has 0 bridgehead atoms. The number of amides is 1. The molecular formula is C19H21N5O4S. The van der Waals surface area contributed by atoms with Crippen LogP contribution < -0.4 is 25.4 Å². The Balaban J connectivity index is 1.70. The highest BCUT2D eigenvalue weighted by molar-refractivity contribution is 7.99. The number of carbonyl (C=O) groups excluding carboxylic acids is 1. The van der Waals surface area contributed by atoms with E-state index < -0.39 is 0 Å². The number of hydrogen-bond donors (Lipinski definition) is 2. The Morgan fingerprint density at radius 2 is 1.83 bits per heavy atom. The lowest BCUT2D eigenvalue weighted by molar-refractivity contribution is -0.113. The zero-order valence-electron chi connectivity index (χ0n) is 16.2. The summed E-state index contributed by atoms with van der Waals surface area (Å²) in [4.78, 5) is 12.4. The number of thioether (sulfide) groups is 1. The Morgan fingerprint density at radius 3 is 2.55 bits per heavy atom. The number of carbonyl (C=O) groups is 1. The van der Waals surface area contributed by atoms with Crippen molar-refractivity contribution in [3.63, 3.8) is 0 Å². The van der Waals surface area contributed by atoms with Crippen molar-refractivity contribution in [3.05, 3.63) is 42.5 Å². The molecule has 0 atom stereocenters. The van der Waals surface area contributed by atoms with E-state index in [9.17, 15) is 4.79 Å². The molecule has 1 heterocycles. The van der Waals surface area contributed by atoms with E-state index in [4.69, 9.17) is 20.1 Å². The van der Waals surface area contributed by atoms with Gasteiger partial charge in [-0.1, -0.05) is 23.9 Å². The summed E-state index contributed by atoms with van der Waals surface area (Å²) in [6, 6.07) is 12.5. The van der Waals surface area contributed by atoms with Crippen molar-refractivity contribution in [1.29, 1.82) is 0 Å². The summed E-state index contributed by atoms with van der Waals surface area (Å²) in [5, 5.41) is 11.4. The molecule has 9 nitrogen and oxygen atoms in total. The molecule has 29 heavy (non-hydrogen) atoms. The van der Waals surface area contributed by atoms with Crippen LogP contribution in [0.25, 0.3) is 11.4 Å². The van der Waals surface area contributed by atoms with Crippen LogP contribution in [0.2, 0.25) is 0 Å². The van der Waals surface area contributed by atoms with Gasteiger partial charge in [0.1, 0.15) is 17.2 Å². The van der Waals surface area contributed by atoms with Gasteiger partial charge in [0.2, 0.25) is 11.1 Å². The van der Waals surface area contributed by atoms with Crippen LogP contribution in [-0.2, 0) is 4.79 Å². The standard InChI is InChI=1S/C19H21N5O4S/c1-26-12-8-9-16(28-3)14(10-12)21-17(25)11-29-19-23-22-18(24(19)20)13-6-4-5-7-15(13)27-2/h4-10H,11,20H2,1-3H3,(H,21,25). The van der Waals surface area contributed by atoms with Gasteiger partial charge in [0.15, 0.2) is 5.82 Å². The largest absolute Gasteiger partial charge is 0.497 e. The summed E-state index contributed by atoms with van der Waals surface area (Å²) in [6.07, 6.45) is 0. The lowest BCUT2D eigenvalue weighted by atomic mass is 10.2. The van der Waals surface area contributed by atoms with Gasteiger partial charge in [0, 0.05) is 6.07 Å². The van der Waals surface area contributed by atoms with Crippen molar-refractivity contribution in [2.45, 2.75) is 5.16 Å². The van der Waals surface area contributed by atoms with Gasteiger partial charge in [-0.15, -0.1) is 10.2 Å². The molecule has 0 aliphatic rings. The molecule has 0 aliphatic carbocycles. The number of nitrogens with zero attached hydrogens (tertiary/aromatic N) is 3. The normalized spacial score (nSPS) is 10.4. The van der Waals surface area contributed by atoms with Gasteiger partial charge in [-0.05, 0) is 24.3 Å². The van der Waals surface area contributed by atoms with E-state index in [1.807, 2.05) is 24.3 Å². The van der Waals surface area contributed by atoms with E-state index in [0.717, 1.165) is 0 Å². The minimum atomic E-state index is -0.247. The van der Waals surface area contributed by atoms with Gasteiger partial charge in [0.25, 0.3) is 0 Å². The summed E-state index contributed by atoms with van der Waals surface area (Å²) < 4.78 is 17.1. The molecule has 0 spiro atoms. The monoisotopic (exact) mass is 415 g/mol. The van der Waals surface area contributed by atoms with Crippen LogP contribution in [0.5, 0.6) is 17.2 Å². The molecule has 10 heteroatoms. The van der Waals surface area contributed by atoms with E-state index in [0.29, 0.717) is 39.5 Å². The maximum absolute atomic E-state index is 12.4. The van der Waals surface area contributed by atoms with Gasteiger partial charge in [-0.3, -0.25) is 4.79 Å². The molecule has 0 saturated carbocycles. The van der Waals surface area contributed by atoms with Gasteiger partial charge in [-0.2, -0.15) is 0 Å². The van der Waals surface area contributed by atoms with E-state index in [-0.39, 0.29) is 11.7 Å². The predicted molar refractivity (Wildman–Crippen MR) is 111 cm³/mol. The summed E-state index contributed by atoms with van der Waals surface area (Å²) >= 11 is 1.17. The molecule has 3 N–H and O–H groups in total. The first-order valence-electron chi connectivity index (χ1n) is 8.56. The highest BCUT2D eigenvalue weighted by atomic mass is 32.2. The van der Waals surface area contributed by atoms with Crippen molar-refractivity contribution in [2.24, 2.45) is 0 Å². The molecule has 0 unspecified atom stereocenters. The summed E-state index contributed by atoms with van der Waals surface area (Å²) in [5.74, 6) is 8.18. The Kier molecular flexibility index (Phi) is 6.45.